The molecular formula is C13H20O3S. The molecule has 1 aromatic carbocycles. The second-order valence-corrected chi connectivity index (χ2v) is 6.06. The largest absolute Gasteiger partial charge is 0.296 e. The van der Waals surface area contributed by atoms with Crippen LogP contribution in [0, 0.1) is 12.8 Å². The summed E-state index contributed by atoms with van der Waals surface area (Å²) in [6.45, 7) is 6.24. The summed E-state index contributed by atoms with van der Waals surface area (Å²) in [7, 11) is -3.59. The van der Waals surface area contributed by atoms with Crippen LogP contribution in [0.1, 0.15) is 32.3 Å². The van der Waals surface area contributed by atoms with Crippen LogP contribution in [-0.2, 0) is 14.3 Å². The van der Waals surface area contributed by atoms with Crippen molar-refractivity contribution >= 4 is 10.1 Å². The molecule has 0 amide bonds. The van der Waals surface area contributed by atoms with Crippen LogP contribution in [0.3, 0.4) is 0 Å². The highest BCUT2D eigenvalue weighted by molar-refractivity contribution is 7.86. The Balaban J connectivity index is 2.66. The molecule has 0 spiro atoms. The molecule has 0 saturated heterocycles. The Morgan fingerprint density at radius 1 is 1.24 bits per heavy atom. The van der Waals surface area contributed by atoms with Crippen LogP contribution in [-0.4, -0.2) is 15.0 Å². The second-order valence-electron chi connectivity index (χ2n) is 4.45. The van der Waals surface area contributed by atoms with Crippen molar-refractivity contribution in [1.29, 1.82) is 0 Å². The number of hydrogen-bond donors (Lipinski definition) is 0. The van der Waals surface area contributed by atoms with Crippen LogP contribution >= 0.6 is 0 Å². The summed E-state index contributed by atoms with van der Waals surface area (Å²) < 4.78 is 28.7. The molecule has 17 heavy (non-hydrogen) atoms. The minimum atomic E-state index is -3.59. The standard InChI is InChI=1S/C13H20O3S/c1-4-5-12(3)10-16-17(14,15)13-8-6-11(2)7-9-13/h6-9,12H,4-5,10H2,1-3H3/t12-/m1/s1. The Kier molecular flexibility index (Phi) is 5.15. The smallest absolute Gasteiger partial charge is 0.266 e. The lowest BCUT2D eigenvalue weighted by atomic mass is 10.1. The zero-order chi connectivity index (χ0) is 12.9. The van der Waals surface area contributed by atoms with Crippen molar-refractivity contribution in [2.75, 3.05) is 6.61 Å². The van der Waals surface area contributed by atoms with E-state index in [0.29, 0.717) is 0 Å². The molecule has 4 heteroatoms. The van der Waals surface area contributed by atoms with E-state index in [0.717, 1.165) is 18.4 Å². The molecular weight excluding hydrogens is 236 g/mol. The average Bonchev–Trinajstić information content (AvgIpc) is 2.28. The van der Waals surface area contributed by atoms with E-state index in [2.05, 4.69) is 6.92 Å². The number of hydrogen-bond acceptors (Lipinski definition) is 3. The SMILES string of the molecule is CCC[C@@H](C)COS(=O)(=O)c1ccc(C)cc1. The molecule has 1 rings (SSSR count). The highest BCUT2D eigenvalue weighted by Gasteiger charge is 2.16. The minimum Gasteiger partial charge on any atom is -0.266 e. The van der Waals surface area contributed by atoms with Crippen LogP contribution in [0.15, 0.2) is 29.2 Å². The summed E-state index contributed by atoms with van der Waals surface area (Å²) in [6, 6.07) is 6.70. The van der Waals surface area contributed by atoms with Crippen molar-refractivity contribution in [3.05, 3.63) is 29.8 Å². The third kappa shape index (κ3) is 4.48. The second kappa shape index (κ2) is 6.17. The van der Waals surface area contributed by atoms with Crippen molar-refractivity contribution in [2.24, 2.45) is 5.92 Å². The van der Waals surface area contributed by atoms with Crippen LogP contribution in [0.4, 0.5) is 0 Å². The lowest BCUT2D eigenvalue weighted by molar-refractivity contribution is 0.256. The molecule has 0 fully saturated rings. The van der Waals surface area contributed by atoms with Crippen molar-refractivity contribution in [3.8, 4) is 0 Å². The fourth-order valence-corrected chi connectivity index (χ4v) is 2.57. The van der Waals surface area contributed by atoms with Crippen LogP contribution in [0.2, 0.25) is 0 Å². The van der Waals surface area contributed by atoms with Gasteiger partial charge in [-0.1, -0.05) is 38.0 Å². The van der Waals surface area contributed by atoms with Gasteiger partial charge in [0.05, 0.1) is 11.5 Å². The molecule has 3 nitrogen and oxygen atoms in total. The molecule has 0 unspecified atom stereocenters. The minimum absolute atomic E-state index is 0.229. The van der Waals surface area contributed by atoms with E-state index >= 15 is 0 Å². The van der Waals surface area contributed by atoms with Gasteiger partial charge in [-0.3, -0.25) is 4.18 Å². The van der Waals surface area contributed by atoms with Crippen molar-refractivity contribution in [1.82, 2.24) is 0 Å². The lowest BCUT2D eigenvalue weighted by Crippen LogP contribution is -2.12. The Labute approximate surface area is 104 Å². The van der Waals surface area contributed by atoms with Gasteiger partial charge in [0.1, 0.15) is 0 Å². The molecule has 96 valence electrons. The summed E-state index contributed by atoms with van der Waals surface area (Å²) in [4.78, 5) is 0.229. The molecule has 1 atom stereocenters. The first-order chi connectivity index (χ1) is 7.95. The van der Waals surface area contributed by atoms with E-state index in [9.17, 15) is 8.42 Å². The van der Waals surface area contributed by atoms with Gasteiger partial charge in [0.2, 0.25) is 0 Å². The molecule has 0 aromatic heterocycles. The molecule has 0 heterocycles. The summed E-state index contributed by atoms with van der Waals surface area (Å²) >= 11 is 0. The van der Waals surface area contributed by atoms with E-state index in [1.54, 1.807) is 24.3 Å². The van der Waals surface area contributed by atoms with Gasteiger partial charge in [-0.25, -0.2) is 0 Å². The molecule has 0 N–H and O–H groups in total. The van der Waals surface area contributed by atoms with Crippen LogP contribution in [0.25, 0.3) is 0 Å². The van der Waals surface area contributed by atoms with Gasteiger partial charge in [0.25, 0.3) is 10.1 Å². The summed E-state index contributed by atoms with van der Waals surface area (Å²) in [5.74, 6) is 0.264. The monoisotopic (exact) mass is 256 g/mol. The Morgan fingerprint density at radius 2 is 1.82 bits per heavy atom. The first-order valence-corrected chi connectivity index (χ1v) is 7.32. The van der Waals surface area contributed by atoms with Crippen LogP contribution < -0.4 is 0 Å². The van der Waals surface area contributed by atoms with E-state index in [1.165, 1.54) is 0 Å². The van der Waals surface area contributed by atoms with Crippen LogP contribution in [0.5, 0.6) is 0 Å². The predicted molar refractivity (Wildman–Crippen MR) is 68.4 cm³/mol. The zero-order valence-electron chi connectivity index (χ0n) is 10.6. The zero-order valence-corrected chi connectivity index (χ0v) is 11.5. The third-order valence-electron chi connectivity index (χ3n) is 2.60. The number of benzene rings is 1. The number of rotatable bonds is 6. The average molecular weight is 256 g/mol. The van der Waals surface area contributed by atoms with Crippen molar-refractivity contribution in [2.45, 2.75) is 38.5 Å². The molecule has 0 aliphatic heterocycles. The topological polar surface area (TPSA) is 43.4 Å². The van der Waals surface area contributed by atoms with E-state index in [1.807, 2.05) is 13.8 Å². The molecule has 0 bridgehead atoms. The first-order valence-electron chi connectivity index (χ1n) is 5.92. The van der Waals surface area contributed by atoms with E-state index in [4.69, 9.17) is 4.18 Å². The highest BCUT2D eigenvalue weighted by atomic mass is 32.2. The molecule has 0 radical (unpaired) electrons. The highest BCUT2D eigenvalue weighted by Crippen LogP contribution is 2.15. The quantitative estimate of drug-likeness (QED) is 0.734. The summed E-state index contributed by atoms with van der Waals surface area (Å²) in [6.07, 6.45) is 2.01. The fourth-order valence-electron chi connectivity index (χ4n) is 1.55. The van der Waals surface area contributed by atoms with Gasteiger partial charge >= 0.3 is 0 Å². The predicted octanol–water partition coefficient (Wildman–Crippen LogP) is 3.14. The molecule has 1 aromatic rings. The third-order valence-corrected chi connectivity index (χ3v) is 3.89. The van der Waals surface area contributed by atoms with Crippen molar-refractivity contribution in [3.63, 3.8) is 0 Å². The first kappa shape index (κ1) is 14.2. The molecule has 0 aliphatic carbocycles. The Morgan fingerprint density at radius 3 is 2.35 bits per heavy atom. The Hall–Kier alpha value is -0.870. The lowest BCUT2D eigenvalue weighted by Gasteiger charge is -2.11. The summed E-state index contributed by atoms with van der Waals surface area (Å²) in [5.41, 5.74) is 1.03. The maximum Gasteiger partial charge on any atom is 0.296 e. The van der Waals surface area contributed by atoms with Gasteiger partial charge in [-0.2, -0.15) is 8.42 Å². The Bertz CT molecular complexity index is 434. The van der Waals surface area contributed by atoms with Gasteiger partial charge < -0.3 is 0 Å². The molecule has 0 saturated carbocycles. The van der Waals surface area contributed by atoms with E-state index < -0.39 is 10.1 Å². The molecule has 0 aliphatic rings. The van der Waals surface area contributed by atoms with Gasteiger partial charge in [-0.15, -0.1) is 0 Å². The van der Waals surface area contributed by atoms with E-state index in [-0.39, 0.29) is 17.4 Å². The van der Waals surface area contributed by atoms with Gasteiger partial charge in [0.15, 0.2) is 0 Å². The maximum absolute atomic E-state index is 11.8. The maximum atomic E-state index is 11.8. The summed E-state index contributed by atoms with van der Waals surface area (Å²) in [5, 5.41) is 0. The fraction of sp³-hybridized carbons (Fsp3) is 0.538. The van der Waals surface area contributed by atoms with Gasteiger partial charge in [0, 0.05) is 0 Å². The normalized spacial score (nSPS) is 13.6. The number of aryl methyl sites for hydroxylation is 1. The van der Waals surface area contributed by atoms with Crippen molar-refractivity contribution < 1.29 is 12.6 Å². The van der Waals surface area contributed by atoms with Gasteiger partial charge in [-0.05, 0) is 31.4 Å².